The van der Waals surface area contributed by atoms with Crippen molar-refractivity contribution in [1.82, 2.24) is 4.98 Å². The second-order valence-electron chi connectivity index (χ2n) is 9.91. The first kappa shape index (κ1) is 25.8. The van der Waals surface area contributed by atoms with Crippen molar-refractivity contribution >= 4 is 17.1 Å². The number of pyridine rings is 1. The number of aromatic nitrogens is 1. The molecular formula is C32H29IrN3-2. The van der Waals surface area contributed by atoms with E-state index in [9.17, 15) is 0 Å². The predicted molar refractivity (Wildman–Crippen MR) is 146 cm³/mol. The molecule has 1 aromatic heterocycles. The summed E-state index contributed by atoms with van der Waals surface area (Å²) in [7, 11) is 0. The number of aliphatic imine (C=N–C) groups is 1. The van der Waals surface area contributed by atoms with Crippen molar-refractivity contribution in [3.05, 3.63) is 131 Å². The summed E-state index contributed by atoms with van der Waals surface area (Å²) in [6, 6.07) is 33.6. The second kappa shape index (κ2) is 10.3. The molecule has 0 atom stereocenters. The van der Waals surface area contributed by atoms with Crippen LogP contribution >= 0.6 is 0 Å². The summed E-state index contributed by atoms with van der Waals surface area (Å²) in [6.07, 6.45) is 3.98. The minimum atomic E-state index is -0.0794. The fraction of sp³-hybridized carbons (Fsp3) is 0.188. The number of para-hydroxylation sites is 2. The number of benzene rings is 3. The predicted octanol–water partition coefficient (Wildman–Crippen LogP) is 8.48. The maximum absolute atomic E-state index is 4.88. The van der Waals surface area contributed by atoms with E-state index in [2.05, 4.69) is 81.2 Å². The maximum Gasteiger partial charge on any atom is 0.0674 e. The minimum absolute atomic E-state index is 0. The smallest absolute Gasteiger partial charge is 0.0674 e. The van der Waals surface area contributed by atoms with Crippen LogP contribution in [0.3, 0.4) is 0 Å². The minimum Gasteiger partial charge on any atom is -0.660 e. The van der Waals surface area contributed by atoms with Crippen LogP contribution in [0, 0.1) is 6.07 Å². The van der Waals surface area contributed by atoms with Gasteiger partial charge < -0.3 is 10.3 Å². The summed E-state index contributed by atoms with van der Waals surface area (Å²) in [4.78, 5) is 9.09. The topological polar surface area (TPSA) is 39.4 Å². The van der Waals surface area contributed by atoms with Crippen LogP contribution in [0.2, 0.25) is 0 Å². The molecule has 36 heavy (non-hydrogen) atoms. The maximum atomic E-state index is 4.88. The summed E-state index contributed by atoms with van der Waals surface area (Å²) in [5.74, 6) is 0. The Balaban J connectivity index is 0.000000198. The van der Waals surface area contributed by atoms with E-state index in [1.807, 2.05) is 54.6 Å². The van der Waals surface area contributed by atoms with Gasteiger partial charge in [0.05, 0.1) is 5.69 Å². The molecule has 6 rings (SSSR count). The van der Waals surface area contributed by atoms with Crippen molar-refractivity contribution in [1.29, 1.82) is 0 Å². The number of hydrogen-bond donors (Lipinski definition) is 0. The van der Waals surface area contributed by atoms with Crippen LogP contribution in [0.15, 0.2) is 114 Å². The Morgan fingerprint density at radius 2 is 1.44 bits per heavy atom. The van der Waals surface area contributed by atoms with Gasteiger partial charge in [-0.2, -0.15) is 0 Å². The SMILES string of the molecule is CC1(C)C(/C=C2\[N-]c3ccccc3C2(C)C)=Nc2ccccc21.[Ir].[c-]1ccccc1-c1ccccn1. The fourth-order valence-corrected chi connectivity index (χ4v) is 4.64. The molecule has 4 heteroatoms. The van der Waals surface area contributed by atoms with Crippen molar-refractivity contribution < 1.29 is 20.1 Å². The van der Waals surface area contributed by atoms with E-state index in [1.165, 1.54) is 11.1 Å². The molecule has 0 unspecified atom stereocenters. The number of fused-ring (bicyclic) bond motifs is 2. The van der Waals surface area contributed by atoms with Crippen LogP contribution in [-0.4, -0.2) is 10.7 Å². The van der Waals surface area contributed by atoms with Gasteiger partial charge in [0.2, 0.25) is 0 Å². The second-order valence-corrected chi connectivity index (χ2v) is 9.91. The van der Waals surface area contributed by atoms with Crippen molar-refractivity contribution in [2.75, 3.05) is 0 Å². The van der Waals surface area contributed by atoms with Gasteiger partial charge in [0.1, 0.15) is 0 Å². The molecule has 2 aliphatic rings. The zero-order valence-electron chi connectivity index (χ0n) is 21.0. The van der Waals surface area contributed by atoms with Crippen molar-refractivity contribution in [2.45, 2.75) is 38.5 Å². The molecule has 1 radical (unpaired) electrons. The molecule has 4 aromatic rings. The Bertz CT molecular complexity index is 1370. The summed E-state index contributed by atoms with van der Waals surface area (Å²) in [5.41, 5.74) is 8.79. The van der Waals surface area contributed by atoms with E-state index >= 15 is 0 Å². The molecule has 0 amide bonds. The third-order valence-electron chi connectivity index (χ3n) is 6.84. The van der Waals surface area contributed by atoms with E-state index in [1.54, 1.807) is 6.20 Å². The van der Waals surface area contributed by atoms with E-state index in [4.69, 9.17) is 10.3 Å². The van der Waals surface area contributed by atoms with Gasteiger partial charge in [-0.05, 0) is 28.8 Å². The van der Waals surface area contributed by atoms with Gasteiger partial charge in [0.25, 0.3) is 0 Å². The quantitative estimate of drug-likeness (QED) is 0.201. The molecule has 0 fully saturated rings. The average molecular weight is 648 g/mol. The molecule has 0 aliphatic carbocycles. The van der Waals surface area contributed by atoms with E-state index in [-0.39, 0.29) is 30.9 Å². The Kier molecular flexibility index (Phi) is 7.40. The number of rotatable bonds is 2. The van der Waals surface area contributed by atoms with Gasteiger partial charge in [-0.25, -0.2) is 0 Å². The van der Waals surface area contributed by atoms with Gasteiger partial charge >= 0.3 is 0 Å². The number of nitrogens with zero attached hydrogens (tertiary/aromatic N) is 3. The first-order valence-electron chi connectivity index (χ1n) is 12.0. The summed E-state index contributed by atoms with van der Waals surface area (Å²) >= 11 is 0. The van der Waals surface area contributed by atoms with Gasteiger partial charge in [-0.1, -0.05) is 93.9 Å². The van der Waals surface area contributed by atoms with E-state index in [0.29, 0.717) is 0 Å². The molecule has 0 saturated heterocycles. The molecule has 0 N–H and O–H groups in total. The van der Waals surface area contributed by atoms with Gasteiger partial charge in [0, 0.05) is 37.4 Å². The van der Waals surface area contributed by atoms with Crippen LogP contribution in [0.4, 0.5) is 11.4 Å². The van der Waals surface area contributed by atoms with Gasteiger partial charge in [0.15, 0.2) is 0 Å². The van der Waals surface area contributed by atoms with Gasteiger partial charge in [-0.3, -0.25) is 4.99 Å². The van der Waals surface area contributed by atoms with Gasteiger partial charge in [-0.15, -0.1) is 47.3 Å². The molecule has 3 nitrogen and oxygen atoms in total. The first-order chi connectivity index (χ1) is 16.9. The van der Waals surface area contributed by atoms with Crippen LogP contribution in [-0.2, 0) is 30.9 Å². The largest absolute Gasteiger partial charge is 0.660 e. The normalized spacial score (nSPS) is 17.0. The molecule has 0 saturated carbocycles. The zero-order chi connectivity index (χ0) is 24.5. The van der Waals surface area contributed by atoms with E-state index < -0.39 is 0 Å². The van der Waals surface area contributed by atoms with Crippen LogP contribution in [0.1, 0.15) is 38.8 Å². The van der Waals surface area contributed by atoms with Crippen molar-refractivity contribution in [3.8, 4) is 11.3 Å². The first-order valence-corrected chi connectivity index (χ1v) is 12.0. The molecule has 0 spiro atoms. The average Bonchev–Trinajstić information content (AvgIpc) is 3.30. The summed E-state index contributed by atoms with van der Waals surface area (Å²) in [6.45, 7) is 8.96. The van der Waals surface area contributed by atoms with Crippen LogP contribution < -0.4 is 0 Å². The zero-order valence-corrected chi connectivity index (χ0v) is 23.4. The Morgan fingerprint density at radius 3 is 2.11 bits per heavy atom. The van der Waals surface area contributed by atoms with Crippen LogP contribution in [0.5, 0.6) is 0 Å². The third kappa shape index (κ3) is 4.84. The number of hydrogen-bond acceptors (Lipinski definition) is 2. The molecule has 3 aromatic carbocycles. The number of allylic oxidation sites excluding steroid dienone is 2. The fourth-order valence-electron chi connectivity index (χ4n) is 4.64. The standard InChI is InChI=1S/C21H21N2.C11H8N.Ir/c1-20(2)14-9-5-7-11-16(14)22-18(20)13-19-21(3,4)15-10-6-8-12-17(15)23-19;1-2-6-10(7-3-1)11-8-4-5-9-12-11;/h5-13H,1-4H3;1-6,8-9H;/q2*-1;/b18-13-;;. The Hall–Kier alpha value is -3.33. The Morgan fingerprint density at radius 1 is 0.750 bits per heavy atom. The molecule has 183 valence electrons. The Labute approximate surface area is 227 Å². The molecule has 2 aliphatic heterocycles. The summed E-state index contributed by atoms with van der Waals surface area (Å²) in [5, 5.41) is 4.88. The monoisotopic (exact) mass is 648 g/mol. The van der Waals surface area contributed by atoms with E-state index in [0.717, 1.165) is 34.0 Å². The van der Waals surface area contributed by atoms with Crippen molar-refractivity contribution in [2.24, 2.45) is 4.99 Å². The third-order valence-corrected chi connectivity index (χ3v) is 6.84. The molecular weight excluding hydrogens is 619 g/mol. The van der Waals surface area contributed by atoms with Crippen molar-refractivity contribution in [3.63, 3.8) is 0 Å². The van der Waals surface area contributed by atoms with Crippen LogP contribution in [0.25, 0.3) is 16.6 Å². The molecule has 3 heterocycles. The summed E-state index contributed by atoms with van der Waals surface area (Å²) < 4.78 is 0. The molecule has 0 bridgehead atoms.